The maximum Gasteiger partial charge on any atom is 0.303 e. The highest BCUT2D eigenvalue weighted by molar-refractivity contribution is 7.89. The molecule has 0 aliphatic heterocycles. The SMILES string of the molecule is CC(N)CNS(=O)(=O)CCCC(=O)O. The van der Waals surface area contributed by atoms with Gasteiger partial charge in [0, 0.05) is 19.0 Å². The third kappa shape index (κ3) is 7.96. The number of nitrogens with one attached hydrogen (secondary N) is 1. The average molecular weight is 224 g/mol. The van der Waals surface area contributed by atoms with Gasteiger partial charge in [0.1, 0.15) is 0 Å². The second kappa shape index (κ2) is 5.94. The fourth-order valence-corrected chi connectivity index (χ4v) is 1.93. The Morgan fingerprint density at radius 3 is 2.57 bits per heavy atom. The summed E-state index contributed by atoms with van der Waals surface area (Å²) in [5.41, 5.74) is 5.36. The van der Waals surface area contributed by atoms with Crippen LogP contribution in [-0.2, 0) is 14.8 Å². The summed E-state index contributed by atoms with van der Waals surface area (Å²) in [6.07, 6.45) is -0.0251. The van der Waals surface area contributed by atoms with Crippen LogP contribution >= 0.6 is 0 Å². The van der Waals surface area contributed by atoms with Crippen LogP contribution in [0.2, 0.25) is 0 Å². The molecule has 0 aromatic heterocycles. The largest absolute Gasteiger partial charge is 0.481 e. The van der Waals surface area contributed by atoms with E-state index < -0.39 is 16.0 Å². The summed E-state index contributed by atoms with van der Waals surface area (Å²) in [5, 5.41) is 8.29. The second-order valence-corrected chi connectivity index (χ2v) is 5.07. The van der Waals surface area contributed by atoms with Gasteiger partial charge in [-0.3, -0.25) is 4.79 Å². The first kappa shape index (κ1) is 13.3. The summed E-state index contributed by atoms with van der Waals surface area (Å²) in [6, 6.07) is -0.246. The summed E-state index contributed by atoms with van der Waals surface area (Å²) in [7, 11) is -3.37. The van der Waals surface area contributed by atoms with Gasteiger partial charge < -0.3 is 10.8 Å². The Kier molecular flexibility index (Phi) is 5.66. The summed E-state index contributed by atoms with van der Waals surface area (Å²) in [6.45, 7) is 1.86. The minimum atomic E-state index is -3.37. The van der Waals surface area contributed by atoms with E-state index in [2.05, 4.69) is 4.72 Å². The number of aliphatic carboxylic acids is 1. The van der Waals surface area contributed by atoms with Crippen molar-refractivity contribution in [2.24, 2.45) is 5.73 Å². The van der Waals surface area contributed by atoms with Gasteiger partial charge in [-0.15, -0.1) is 0 Å². The number of hydrogen-bond donors (Lipinski definition) is 3. The molecule has 0 saturated carbocycles. The Labute approximate surface area is 83.5 Å². The lowest BCUT2D eigenvalue weighted by Gasteiger charge is -2.07. The molecule has 84 valence electrons. The van der Waals surface area contributed by atoms with Crippen molar-refractivity contribution in [3.8, 4) is 0 Å². The fraction of sp³-hybridized carbons (Fsp3) is 0.857. The Morgan fingerprint density at radius 2 is 2.14 bits per heavy atom. The van der Waals surface area contributed by atoms with Crippen molar-refractivity contribution in [3.05, 3.63) is 0 Å². The van der Waals surface area contributed by atoms with Gasteiger partial charge in [0.2, 0.25) is 10.0 Å². The molecule has 0 amide bonds. The number of carboxylic acids is 1. The molecule has 0 heterocycles. The van der Waals surface area contributed by atoms with Gasteiger partial charge >= 0.3 is 5.97 Å². The Bertz CT molecular complexity index is 273. The van der Waals surface area contributed by atoms with E-state index in [0.29, 0.717) is 0 Å². The lowest BCUT2D eigenvalue weighted by atomic mass is 10.3. The molecule has 0 saturated heterocycles. The molecule has 0 aliphatic carbocycles. The van der Waals surface area contributed by atoms with Crippen LogP contribution < -0.4 is 10.5 Å². The molecule has 0 aromatic rings. The van der Waals surface area contributed by atoms with E-state index >= 15 is 0 Å². The van der Waals surface area contributed by atoms with Gasteiger partial charge in [0.15, 0.2) is 0 Å². The molecule has 0 rings (SSSR count). The monoisotopic (exact) mass is 224 g/mol. The predicted octanol–water partition coefficient (Wildman–Crippen LogP) is -0.882. The van der Waals surface area contributed by atoms with Gasteiger partial charge in [0.05, 0.1) is 5.75 Å². The maximum atomic E-state index is 11.2. The van der Waals surface area contributed by atoms with Crippen LogP contribution in [0.25, 0.3) is 0 Å². The second-order valence-electron chi connectivity index (χ2n) is 3.14. The van der Waals surface area contributed by atoms with E-state index in [1.54, 1.807) is 6.92 Å². The topological polar surface area (TPSA) is 109 Å². The van der Waals surface area contributed by atoms with E-state index in [9.17, 15) is 13.2 Å². The van der Waals surface area contributed by atoms with E-state index in [1.807, 2.05) is 0 Å². The highest BCUT2D eigenvalue weighted by Crippen LogP contribution is 1.94. The molecule has 4 N–H and O–H groups in total. The molecule has 0 spiro atoms. The first-order valence-electron chi connectivity index (χ1n) is 4.28. The summed E-state index contributed by atoms with van der Waals surface area (Å²) >= 11 is 0. The third-order valence-electron chi connectivity index (χ3n) is 1.43. The number of sulfonamides is 1. The number of nitrogens with two attached hydrogens (primary N) is 1. The molecule has 0 bridgehead atoms. The highest BCUT2D eigenvalue weighted by atomic mass is 32.2. The molecule has 6 nitrogen and oxygen atoms in total. The van der Waals surface area contributed by atoms with Crippen molar-refractivity contribution in [1.29, 1.82) is 0 Å². The van der Waals surface area contributed by atoms with Gasteiger partial charge in [0.25, 0.3) is 0 Å². The van der Waals surface area contributed by atoms with Crippen LogP contribution in [0.3, 0.4) is 0 Å². The normalized spacial score (nSPS) is 13.9. The van der Waals surface area contributed by atoms with Gasteiger partial charge in [-0.25, -0.2) is 13.1 Å². The zero-order chi connectivity index (χ0) is 11.2. The Balaban J connectivity index is 3.79. The average Bonchev–Trinajstić information content (AvgIpc) is 2.00. The standard InChI is InChI=1S/C7H16N2O4S/c1-6(8)5-9-14(12,13)4-2-3-7(10)11/h6,9H,2-5,8H2,1H3,(H,10,11). The van der Waals surface area contributed by atoms with E-state index in [4.69, 9.17) is 10.8 Å². The Morgan fingerprint density at radius 1 is 1.57 bits per heavy atom. The smallest absolute Gasteiger partial charge is 0.303 e. The van der Waals surface area contributed by atoms with E-state index in [0.717, 1.165) is 0 Å². The first-order valence-corrected chi connectivity index (χ1v) is 5.93. The maximum absolute atomic E-state index is 11.2. The van der Waals surface area contributed by atoms with Crippen LogP contribution in [0, 0.1) is 0 Å². The molecule has 1 unspecified atom stereocenters. The van der Waals surface area contributed by atoms with Crippen molar-refractivity contribution in [3.63, 3.8) is 0 Å². The van der Waals surface area contributed by atoms with Crippen LogP contribution in [0.1, 0.15) is 19.8 Å². The quantitative estimate of drug-likeness (QED) is 0.520. The van der Waals surface area contributed by atoms with Gasteiger partial charge in [-0.1, -0.05) is 0 Å². The highest BCUT2D eigenvalue weighted by Gasteiger charge is 2.11. The molecule has 0 radical (unpaired) electrons. The minimum Gasteiger partial charge on any atom is -0.481 e. The number of rotatable bonds is 7. The summed E-state index contributed by atoms with van der Waals surface area (Å²) in [5.74, 6) is -1.17. The van der Waals surface area contributed by atoms with Crippen molar-refractivity contribution >= 4 is 16.0 Å². The lowest BCUT2D eigenvalue weighted by Crippen LogP contribution is -2.36. The van der Waals surface area contributed by atoms with Gasteiger partial charge in [-0.2, -0.15) is 0 Å². The molecular weight excluding hydrogens is 208 g/mol. The van der Waals surface area contributed by atoms with Crippen LogP contribution in [0.5, 0.6) is 0 Å². The van der Waals surface area contributed by atoms with Crippen LogP contribution in [-0.4, -0.2) is 37.8 Å². The van der Waals surface area contributed by atoms with Crippen LogP contribution in [0.4, 0.5) is 0 Å². The van der Waals surface area contributed by atoms with Crippen LogP contribution in [0.15, 0.2) is 0 Å². The van der Waals surface area contributed by atoms with Gasteiger partial charge in [-0.05, 0) is 13.3 Å². The molecule has 7 heteroatoms. The van der Waals surface area contributed by atoms with Crippen molar-refractivity contribution in [2.75, 3.05) is 12.3 Å². The zero-order valence-corrected chi connectivity index (χ0v) is 8.88. The predicted molar refractivity (Wildman–Crippen MR) is 52.3 cm³/mol. The van der Waals surface area contributed by atoms with E-state index in [-0.39, 0.29) is 31.2 Å². The summed E-state index contributed by atoms with van der Waals surface area (Å²) in [4.78, 5) is 10.1. The van der Waals surface area contributed by atoms with Crippen molar-refractivity contribution in [2.45, 2.75) is 25.8 Å². The summed E-state index contributed by atoms with van der Waals surface area (Å²) < 4.78 is 24.6. The lowest BCUT2D eigenvalue weighted by molar-refractivity contribution is -0.137. The number of carboxylic acid groups (broad SMARTS) is 1. The Hall–Kier alpha value is -0.660. The fourth-order valence-electron chi connectivity index (χ4n) is 0.744. The first-order chi connectivity index (χ1) is 6.33. The zero-order valence-electron chi connectivity index (χ0n) is 8.06. The molecule has 14 heavy (non-hydrogen) atoms. The molecule has 0 aliphatic rings. The van der Waals surface area contributed by atoms with E-state index in [1.165, 1.54) is 0 Å². The number of hydrogen-bond acceptors (Lipinski definition) is 4. The van der Waals surface area contributed by atoms with Crippen molar-refractivity contribution < 1.29 is 18.3 Å². The number of carbonyl (C=O) groups is 1. The molecular formula is C7H16N2O4S. The molecule has 0 aromatic carbocycles. The third-order valence-corrected chi connectivity index (χ3v) is 2.86. The minimum absolute atomic E-state index is 0.115. The van der Waals surface area contributed by atoms with Crippen molar-refractivity contribution in [1.82, 2.24) is 4.72 Å². The molecule has 0 fully saturated rings. The molecule has 1 atom stereocenters.